The normalized spacial score (nSPS) is 10.5. The van der Waals surface area contributed by atoms with E-state index in [-0.39, 0.29) is 0 Å². The standard InChI is InChI=1S/C11H11IN2S/c12-11-13-10(15-14-11)8-4-7-9-5-2-1-3-6-9/h1-3,5-6H,4,7-8H2. The molecular formula is C11H11IN2S. The number of hydrogen-bond acceptors (Lipinski definition) is 3. The van der Waals surface area contributed by atoms with Gasteiger partial charge in [-0.3, -0.25) is 0 Å². The van der Waals surface area contributed by atoms with E-state index in [4.69, 9.17) is 0 Å². The first-order valence-electron chi connectivity index (χ1n) is 4.86. The van der Waals surface area contributed by atoms with E-state index in [1.807, 2.05) is 0 Å². The van der Waals surface area contributed by atoms with Crippen LogP contribution in [0.3, 0.4) is 0 Å². The van der Waals surface area contributed by atoms with Crippen molar-refractivity contribution in [1.29, 1.82) is 0 Å². The zero-order chi connectivity index (χ0) is 10.5. The van der Waals surface area contributed by atoms with Crippen LogP contribution >= 0.6 is 34.1 Å². The van der Waals surface area contributed by atoms with Crippen LogP contribution < -0.4 is 0 Å². The lowest BCUT2D eigenvalue weighted by atomic mass is 10.1. The summed E-state index contributed by atoms with van der Waals surface area (Å²) in [5.74, 6) is 0. The predicted molar refractivity (Wildman–Crippen MR) is 71.1 cm³/mol. The molecular weight excluding hydrogens is 319 g/mol. The topological polar surface area (TPSA) is 25.8 Å². The fourth-order valence-corrected chi connectivity index (χ4v) is 2.76. The highest BCUT2D eigenvalue weighted by atomic mass is 127. The molecule has 0 fully saturated rings. The van der Waals surface area contributed by atoms with Gasteiger partial charge in [0.1, 0.15) is 5.01 Å². The van der Waals surface area contributed by atoms with Gasteiger partial charge < -0.3 is 0 Å². The predicted octanol–water partition coefficient (Wildman–Crippen LogP) is 3.32. The summed E-state index contributed by atoms with van der Waals surface area (Å²) in [5.41, 5.74) is 1.40. The second-order valence-corrected chi connectivity index (χ2v) is 5.10. The second-order valence-electron chi connectivity index (χ2n) is 3.30. The van der Waals surface area contributed by atoms with Gasteiger partial charge in [-0.2, -0.15) is 4.37 Å². The maximum atomic E-state index is 4.34. The Kier molecular flexibility index (Phi) is 4.08. The molecule has 1 aromatic heterocycles. The Balaban J connectivity index is 1.80. The summed E-state index contributed by atoms with van der Waals surface area (Å²) in [6, 6.07) is 10.6. The van der Waals surface area contributed by atoms with E-state index in [0.29, 0.717) is 0 Å². The average molecular weight is 330 g/mol. The third kappa shape index (κ3) is 3.53. The van der Waals surface area contributed by atoms with E-state index in [0.717, 1.165) is 28.1 Å². The molecule has 15 heavy (non-hydrogen) atoms. The highest BCUT2D eigenvalue weighted by molar-refractivity contribution is 14.1. The molecule has 0 unspecified atom stereocenters. The van der Waals surface area contributed by atoms with Gasteiger partial charge in [-0.25, -0.2) is 4.98 Å². The Labute approximate surface area is 107 Å². The number of halogens is 1. The van der Waals surface area contributed by atoms with Crippen LogP contribution in [0.5, 0.6) is 0 Å². The summed E-state index contributed by atoms with van der Waals surface area (Å²) in [5, 5.41) is 1.15. The number of nitrogens with zero attached hydrogens (tertiary/aromatic N) is 2. The first kappa shape index (κ1) is 11.0. The summed E-state index contributed by atoms with van der Waals surface area (Å²) in [6.45, 7) is 0. The largest absolute Gasteiger partial charge is 0.215 e. The van der Waals surface area contributed by atoms with Crippen LogP contribution in [-0.2, 0) is 12.8 Å². The molecule has 0 N–H and O–H groups in total. The van der Waals surface area contributed by atoms with Crippen molar-refractivity contribution in [1.82, 2.24) is 9.36 Å². The molecule has 2 aromatic rings. The van der Waals surface area contributed by atoms with Crippen molar-refractivity contribution in [2.24, 2.45) is 0 Å². The van der Waals surface area contributed by atoms with Crippen LogP contribution in [0.25, 0.3) is 0 Å². The van der Waals surface area contributed by atoms with E-state index >= 15 is 0 Å². The van der Waals surface area contributed by atoms with E-state index in [9.17, 15) is 0 Å². The van der Waals surface area contributed by atoms with Gasteiger partial charge in [0.05, 0.1) is 0 Å². The van der Waals surface area contributed by atoms with Gasteiger partial charge in [0.15, 0.2) is 0 Å². The van der Waals surface area contributed by atoms with E-state index in [2.05, 4.69) is 62.3 Å². The molecule has 78 valence electrons. The Bertz CT molecular complexity index is 414. The van der Waals surface area contributed by atoms with Gasteiger partial charge in [-0.05, 0) is 29.9 Å². The van der Waals surface area contributed by atoms with Crippen molar-refractivity contribution in [3.63, 3.8) is 0 Å². The minimum Gasteiger partial charge on any atom is -0.215 e. The number of rotatable bonds is 4. The van der Waals surface area contributed by atoms with Crippen molar-refractivity contribution in [3.05, 3.63) is 44.7 Å². The first-order chi connectivity index (χ1) is 7.34. The lowest BCUT2D eigenvalue weighted by molar-refractivity contribution is 0.812. The molecule has 0 atom stereocenters. The van der Waals surface area contributed by atoms with Crippen molar-refractivity contribution >= 4 is 34.1 Å². The Morgan fingerprint density at radius 1 is 1.13 bits per heavy atom. The quantitative estimate of drug-likeness (QED) is 0.804. The van der Waals surface area contributed by atoms with Crippen LogP contribution in [-0.4, -0.2) is 9.36 Å². The molecule has 0 amide bonds. The number of hydrogen-bond donors (Lipinski definition) is 0. The molecule has 1 aromatic carbocycles. The van der Waals surface area contributed by atoms with Crippen LogP contribution in [0.4, 0.5) is 0 Å². The molecule has 2 rings (SSSR count). The molecule has 0 aliphatic rings. The Hall–Kier alpha value is -0.490. The number of aryl methyl sites for hydroxylation is 2. The van der Waals surface area contributed by atoms with Gasteiger partial charge >= 0.3 is 0 Å². The Morgan fingerprint density at radius 3 is 2.60 bits per heavy atom. The highest BCUT2D eigenvalue weighted by Crippen LogP contribution is 2.11. The second kappa shape index (κ2) is 5.55. The summed E-state index contributed by atoms with van der Waals surface area (Å²) in [4.78, 5) is 4.34. The minimum atomic E-state index is 0.868. The molecule has 2 nitrogen and oxygen atoms in total. The monoisotopic (exact) mass is 330 g/mol. The van der Waals surface area contributed by atoms with Gasteiger partial charge in [0.2, 0.25) is 3.83 Å². The molecule has 0 aliphatic carbocycles. The van der Waals surface area contributed by atoms with Crippen LogP contribution in [0.15, 0.2) is 30.3 Å². The molecule has 0 spiro atoms. The maximum Gasteiger partial charge on any atom is 0.203 e. The molecule has 0 aliphatic heterocycles. The van der Waals surface area contributed by atoms with E-state index < -0.39 is 0 Å². The first-order valence-corrected chi connectivity index (χ1v) is 6.72. The molecule has 4 heteroatoms. The lowest BCUT2D eigenvalue weighted by Crippen LogP contribution is -1.89. The zero-order valence-corrected chi connectivity index (χ0v) is 11.2. The minimum absolute atomic E-state index is 0.868. The Morgan fingerprint density at radius 2 is 1.93 bits per heavy atom. The van der Waals surface area contributed by atoms with Crippen molar-refractivity contribution < 1.29 is 0 Å². The molecule has 0 saturated heterocycles. The summed E-state index contributed by atoms with van der Waals surface area (Å²) in [6.07, 6.45) is 3.31. The fraction of sp³-hybridized carbons (Fsp3) is 0.273. The lowest BCUT2D eigenvalue weighted by Gasteiger charge is -1.98. The summed E-state index contributed by atoms with van der Waals surface area (Å²) < 4.78 is 5.03. The summed E-state index contributed by atoms with van der Waals surface area (Å²) in [7, 11) is 0. The van der Waals surface area contributed by atoms with Crippen LogP contribution in [0.2, 0.25) is 0 Å². The van der Waals surface area contributed by atoms with Gasteiger partial charge in [-0.15, -0.1) is 0 Å². The summed E-state index contributed by atoms with van der Waals surface area (Å²) >= 11 is 3.67. The zero-order valence-electron chi connectivity index (χ0n) is 8.19. The molecule has 0 radical (unpaired) electrons. The third-order valence-electron chi connectivity index (χ3n) is 2.14. The van der Waals surface area contributed by atoms with Crippen molar-refractivity contribution in [2.45, 2.75) is 19.3 Å². The average Bonchev–Trinajstić information content (AvgIpc) is 2.66. The van der Waals surface area contributed by atoms with E-state index in [1.54, 1.807) is 0 Å². The highest BCUT2D eigenvalue weighted by Gasteiger charge is 2.00. The third-order valence-corrected chi connectivity index (χ3v) is 3.72. The number of benzene rings is 1. The van der Waals surface area contributed by atoms with Gasteiger partial charge in [0, 0.05) is 29.0 Å². The molecule has 0 bridgehead atoms. The molecule has 0 saturated carbocycles. The van der Waals surface area contributed by atoms with Gasteiger partial charge in [-0.1, -0.05) is 30.3 Å². The van der Waals surface area contributed by atoms with Gasteiger partial charge in [0.25, 0.3) is 0 Å². The molecule has 1 heterocycles. The van der Waals surface area contributed by atoms with Crippen LogP contribution in [0.1, 0.15) is 17.0 Å². The van der Waals surface area contributed by atoms with E-state index in [1.165, 1.54) is 17.1 Å². The van der Waals surface area contributed by atoms with Crippen LogP contribution in [0, 0.1) is 3.83 Å². The SMILES string of the molecule is Ic1nsc(CCCc2ccccc2)n1. The van der Waals surface area contributed by atoms with Crippen molar-refractivity contribution in [2.75, 3.05) is 0 Å². The maximum absolute atomic E-state index is 4.34. The smallest absolute Gasteiger partial charge is 0.203 e. The number of aromatic nitrogens is 2. The van der Waals surface area contributed by atoms with Crippen molar-refractivity contribution in [3.8, 4) is 0 Å². The fourth-order valence-electron chi connectivity index (χ4n) is 1.42.